The van der Waals surface area contributed by atoms with Gasteiger partial charge in [0.05, 0.1) is 29.3 Å². The maximum absolute atomic E-state index is 14.3. The summed E-state index contributed by atoms with van der Waals surface area (Å²) in [7, 11) is 3.20. The van der Waals surface area contributed by atoms with Crippen LogP contribution in [-0.2, 0) is 7.05 Å². The van der Waals surface area contributed by atoms with Gasteiger partial charge < -0.3 is 14.6 Å². The molecule has 4 rings (SSSR count). The fraction of sp³-hybridized carbons (Fsp3) is 0.150. The molecule has 4 aromatic rings. The van der Waals surface area contributed by atoms with Gasteiger partial charge in [0.1, 0.15) is 17.3 Å². The Bertz CT molecular complexity index is 1240. The molecule has 0 bridgehead atoms. The van der Waals surface area contributed by atoms with E-state index in [0.717, 1.165) is 17.4 Å². The number of ether oxygens (including phenoxy) is 1. The van der Waals surface area contributed by atoms with Gasteiger partial charge in [0.2, 0.25) is 5.95 Å². The zero-order chi connectivity index (χ0) is 21.4. The van der Waals surface area contributed by atoms with E-state index in [1.165, 1.54) is 10.7 Å². The molecule has 154 valence electrons. The molecule has 0 aliphatic heterocycles. The summed E-state index contributed by atoms with van der Waals surface area (Å²) in [5.74, 6) is -0.310. The van der Waals surface area contributed by atoms with E-state index in [-0.39, 0.29) is 16.1 Å². The van der Waals surface area contributed by atoms with Crippen LogP contribution in [0, 0.1) is 18.6 Å². The Morgan fingerprint density at radius 3 is 2.67 bits per heavy atom. The molecule has 0 saturated carbocycles. The fourth-order valence-corrected chi connectivity index (χ4v) is 3.28. The highest BCUT2D eigenvalue weighted by Gasteiger charge is 2.17. The number of benzene rings is 2. The van der Waals surface area contributed by atoms with Crippen LogP contribution in [0.2, 0.25) is 0 Å². The zero-order valence-corrected chi connectivity index (χ0v) is 17.9. The second-order valence-electron chi connectivity index (χ2n) is 6.53. The number of nitrogens with one attached hydrogen (secondary N) is 1. The van der Waals surface area contributed by atoms with Crippen LogP contribution in [-0.4, -0.2) is 31.4 Å². The lowest BCUT2D eigenvalue weighted by atomic mass is 10.1. The molecule has 0 fully saturated rings. The Morgan fingerprint density at radius 1 is 1.17 bits per heavy atom. The van der Waals surface area contributed by atoms with Crippen LogP contribution in [0.3, 0.4) is 0 Å². The molecule has 30 heavy (non-hydrogen) atoms. The van der Waals surface area contributed by atoms with Crippen LogP contribution in [0.5, 0.6) is 5.75 Å². The molecule has 0 saturated heterocycles. The van der Waals surface area contributed by atoms with E-state index in [1.807, 2.05) is 29.8 Å². The van der Waals surface area contributed by atoms with Gasteiger partial charge in [0.25, 0.3) is 0 Å². The molecule has 1 N–H and O–H groups in total. The van der Waals surface area contributed by atoms with Crippen molar-refractivity contribution in [2.75, 3.05) is 12.4 Å². The van der Waals surface area contributed by atoms with E-state index in [0.29, 0.717) is 17.1 Å². The third-order valence-corrected chi connectivity index (χ3v) is 5.08. The number of aromatic nitrogens is 5. The lowest BCUT2D eigenvalue weighted by Gasteiger charge is -2.10. The van der Waals surface area contributed by atoms with Gasteiger partial charge in [-0.2, -0.15) is 4.98 Å². The van der Waals surface area contributed by atoms with E-state index in [9.17, 15) is 8.78 Å². The molecule has 7 nitrogen and oxygen atoms in total. The number of hydrogen-bond donors (Lipinski definition) is 1. The Labute approximate surface area is 179 Å². The van der Waals surface area contributed by atoms with Crippen molar-refractivity contribution in [3.05, 3.63) is 64.7 Å². The summed E-state index contributed by atoms with van der Waals surface area (Å²) in [6.07, 6.45) is 3.59. The summed E-state index contributed by atoms with van der Waals surface area (Å²) in [4.78, 5) is 8.62. The quantitative estimate of drug-likeness (QED) is 0.422. The average Bonchev–Trinajstić information content (AvgIpc) is 3.33. The molecule has 0 aliphatic carbocycles. The van der Waals surface area contributed by atoms with Crippen molar-refractivity contribution in [3.8, 4) is 22.8 Å². The topological polar surface area (TPSA) is 69.8 Å². The summed E-state index contributed by atoms with van der Waals surface area (Å²) in [5.41, 5.74) is 2.07. The fourth-order valence-electron chi connectivity index (χ4n) is 2.95. The van der Waals surface area contributed by atoms with Gasteiger partial charge >= 0.3 is 0 Å². The first-order valence-corrected chi connectivity index (χ1v) is 9.67. The third kappa shape index (κ3) is 3.65. The second-order valence-corrected chi connectivity index (χ2v) is 7.39. The van der Waals surface area contributed by atoms with Gasteiger partial charge in [-0.3, -0.25) is 0 Å². The molecule has 0 aliphatic rings. The summed E-state index contributed by atoms with van der Waals surface area (Å²) < 4.78 is 37.3. The van der Waals surface area contributed by atoms with Crippen molar-refractivity contribution in [2.24, 2.45) is 7.05 Å². The predicted molar refractivity (Wildman–Crippen MR) is 112 cm³/mol. The third-order valence-electron chi connectivity index (χ3n) is 4.47. The molecule has 0 radical (unpaired) electrons. The Morgan fingerprint density at radius 2 is 1.97 bits per heavy atom. The number of aryl methyl sites for hydroxylation is 2. The largest absolute Gasteiger partial charge is 0.495 e. The molecule has 10 heteroatoms. The number of hydrogen-bond acceptors (Lipinski definition) is 5. The minimum atomic E-state index is -0.749. The standard InChI is InChI=1S/C20H17BrF2N6O/c1-11-9-29(10-24-11)15-7-4-12(8-16(15)30-3)19-26-20(28(2)27-19)25-18-14(22)6-5-13(21)17(18)23/h4-10H,1-3H3,(H,25,26,27). The van der Waals surface area contributed by atoms with Crippen LogP contribution in [0.4, 0.5) is 20.4 Å². The second kappa shape index (κ2) is 7.86. The Kier molecular flexibility index (Phi) is 5.25. The first kappa shape index (κ1) is 20.0. The number of anilines is 2. The van der Waals surface area contributed by atoms with E-state index >= 15 is 0 Å². The molecule has 2 aromatic carbocycles. The van der Waals surface area contributed by atoms with Crippen LogP contribution in [0.25, 0.3) is 17.1 Å². The minimum Gasteiger partial charge on any atom is -0.495 e. The number of methoxy groups -OCH3 is 1. The van der Waals surface area contributed by atoms with Gasteiger partial charge in [-0.05, 0) is 53.2 Å². The zero-order valence-electron chi connectivity index (χ0n) is 16.3. The highest BCUT2D eigenvalue weighted by molar-refractivity contribution is 9.10. The molecule has 0 atom stereocenters. The molecule has 2 heterocycles. The van der Waals surface area contributed by atoms with Crippen LogP contribution < -0.4 is 10.1 Å². The maximum atomic E-state index is 14.3. The van der Waals surface area contributed by atoms with Crippen molar-refractivity contribution >= 4 is 27.6 Å². The monoisotopic (exact) mass is 474 g/mol. The average molecular weight is 475 g/mol. The normalized spacial score (nSPS) is 11.0. The minimum absolute atomic E-state index is 0.142. The Hall–Kier alpha value is -3.27. The van der Waals surface area contributed by atoms with Crippen LogP contribution in [0.1, 0.15) is 5.69 Å². The van der Waals surface area contributed by atoms with E-state index < -0.39 is 11.6 Å². The first-order valence-electron chi connectivity index (χ1n) is 8.88. The van der Waals surface area contributed by atoms with Gasteiger partial charge in [-0.1, -0.05) is 0 Å². The molecular formula is C20H17BrF2N6O. The highest BCUT2D eigenvalue weighted by Crippen LogP contribution is 2.31. The molecule has 0 unspecified atom stereocenters. The van der Waals surface area contributed by atoms with Gasteiger partial charge in [-0.25, -0.2) is 18.4 Å². The lowest BCUT2D eigenvalue weighted by Crippen LogP contribution is -2.04. The van der Waals surface area contributed by atoms with Gasteiger partial charge in [0, 0.05) is 18.8 Å². The van der Waals surface area contributed by atoms with E-state index in [4.69, 9.17) is 4.74 Å². The number of rotatable bonds is 5. The number of nitrogens with zero attached hydrogens (tertiary/aromatic N) is 5. The summed E-state index contributed by atoms with van der Waals surface area (Å²) >= 11 is 3.05. The molecule has 2 aromatic heterocycles. The van der Waals surface area contributed by atoms with Crippen molar-refractivity contribution in [1.29, 1.82) is 0 Å². The van der Waals surface area contributed by atoms with E-state index in [1.54, 1.807) is 26.6 Å². The summed E-state index contributed by atoms with van der Waals surface area (Å²) in [5, 5.41) is 7.03. The number of imidazole rings is 1. The Balaban J connectivity index is 1.69. The van der Waals surface area contributed by atoms with Crippen molar-refractivity contribution in [3.63, 3.8) is 0 Å². The summed E-state index contributed by atoms with van der Waals surface area (Å²) in [6, 6.07) is 7.96. The SMILES string of the molecule is COc1cc(-c2nc(Nc3c(F)ccc(Br)c3F)n(C)n2)ccc1-n1cnc(C)c1. The lowest BCUT2D eigenvalue weighted by molar-refractivity contribution is 0.413. The van der Waals surface area contributed by atoms with E-state index in [2.05, 4.69) is 36.3 Å². The van der Waals surface area contributed by atoms with Gasteiger partial charge in [-0.15, -0.1) is 5.10 Å². The van der Waals surface area contributed by atoms with Crippen molar-refractivity contribution < 1.29 is 13.5 Å². The number of halogens is 3. The summed E-state index contributed by atoms with van der Waals surface area (Å²) in [6.45, 7) is 1.90. The molecular weight excluding hydrogens is 458 g/mol. The van der Waals surface area contributed by atoms with Crippen molar-refractivity contribution in [2.45, 2.75) is 6.92 Å². The first-order chi connectivity index (χ1) is 14.4. The van der Waals surface area contributed by atoms with Crippen LogP contribution >= 0.6 is 15.9 Å². The maximum Gasteiger partial charge on any atom is 0.226 e. The predicted octanol–water partition coefficient (Wildman–Crippen LogP) is 4.77. The highest BCUT2D eigenvalue weighted by atomic mass is 79.9. The van der Waals surface area contributed by atoms with Crippen LogP contribution in [0.15, 0.2) is 47.3 Å². The smallest absolute Gasteiger partial charge is 0.226 e. The van der Waals surface area contributed by atoms with Gasteiger partial charge in [0.15, 0.2) is 11.6 Å². The molecule has 0 amide bonds. The van der Waals surface area contributed by atoms with Crippen molar-refractivity contribution in [1.82, 2.24) is 24.3 Å². The molecule has 0 spiro atoms.